The standard InChI is InChI=1S/C17H18N4O2/c1-12-4-2-3-5-14(12)17-19-15(23-20-17)10-16(22)21-8-6-13(11-18)7-9-21/h2-5,13H,6-10H2,1H3. The lowest BCUT2D eigenvalue weighted by molar-refractivity contribution is -0.132. The van der Waals surface area contributed by atoms with Crippen molar-refractivity contribution in [2.24, 2.45) is 5.92 Å². The Labute approximate surface area is 134 Å². The van der Waals surface area contributed by atoms with Crippen molar-refractivity contribution in [1.82, 2.24) is 15.0 Å². The van der Waals surface area contributed by atoms with Gasteiger partial charge in [0.05, 0.1) is 6.07 Å². The van der Waals surface area contributed by atoms with Crippen LogP contribution in [0.15, 0.2) is 28.8 Å². The fourth-order valence-electron chi connectivity index (χ4n) is 2.76. The van der Waals surface area contributed by atoms with Crippen molar-refractivity contribution >= 4 is 5.91 Å². The predicted octanol–water partition coefficient (Wildman–Crippen LogP) is 2.35. The minimum Gasteiger partial charge on any atom is -0.342 e. The Morgan fingerprint density at radius 2 is 2.13 bits per heavy atom. The van der Waals surface area contributed by atoms with Crippen molar-refractivity contribution < 1.29 is 9.32 Å². The smallest absolute Gasteiger partial charge is 0.236 e. The van der Waals surface area contributed by atoms with E-state index in [1.807, 2.05) is 31.2 Å². The maximum absolute atomic E-state index is 12.3. The Hall–Kier alpha value is -2.68. The minimum absolute atomic E-state index is 0.0265. The Balaban J connectivity index is 1.65. The molecular weight excluding hydrogens is 292 g/mol. The number of rotatable bonds is 3. The maximum atomic E-state index is 12.3. The van der Waals surface area contributed by atoms with Crippen molar-refractivity contribution in [2.75, 3.05) is 13.1 Å². The van der Waals surface area contributed by atoms with E-state index in [0.717, 1.165) is 24.0 Å². The molecule has 1 aromatic heterocycles. The molecule has 2 heterocycles. The highest BCUT2D eigenvalue weighted by Crippen LogP contribution is 2.21. The molecule has 1 amide bonds. The molecule has 0 saturated carbocycles. The molecule has 0 radical (unpaired) electrons. The number of carbonyl (C=O) groups is 1. The number of carbonyl (C=O) groups excluding carboxylic acids is 1. The fourth-order valence-corrected chi connectivity index (χ4v) is 2.76. The summed E-state index contributed by atoms with van der Waals surface area (Å²) in [5, 5.41) is 12.9. The minimum atomic E-state index is -0.0265. The molecule has 1 fully saturated rings. The first-order valence-corrected chi connectivity index (χ1v) is 7.73. The van der Waals surface area contributed by atoms with Crippen LogP contribution < -0.4 is 0 Å². The number of likely N-dealkylation sites (tertiary alicyclic amines) is 1. The van der Waals surface area contributed by atoms with Gasteiger partial charge in [-0.3, -0.25) is 4.79 Å². The number of hydrogen-bond donors (Lipinski definition) is 0. The molecular formula is C17H18N4O2. The van der Waals surface area contributed by atoms with Gasteiger partial charge < -0.3 is 9.42 Å². The number of amides is 1. The SMILES string of the molecule is Cc1ccccc1-c1noc(CC(=O)N2CCC(C#N)CC2)n1. The van der Waals surface area contributed by atoms with Crippen molar-refractivity contribution in [3.05, 3.63) is 35.7 Å². The van der Waals surface area contributed by atoms with E-state index in [2.05, 4.69) is 16.2 Å². The van der Waals surface area contributed by atoms with E-state index in [9.17, 15) is 4.79 Å². The van der Waals surface area contributed by atoms with E-state index in [-0.39, 0.29) is 18.2 Å². The van der Waals surface area contributed by atoms with Crippen molar-refractivity contribution in [1.29, 1.82) is 5.26 Å². The van der Waals surface area contributed by atoms with E-state index in [4.69, 9.17) is 9.78 Å². The highest BCUT2D eigenvalue weighted by Gasteiger charge is 2.24. The largest absolute Gasteiger partial charge is 0.342 e. The average molecular weight is 310 g/mol. The lowest BCUT2D eigenvalue weighted by Crippen LogP contribution is -2.39. The molecule has 23 heavy (non-hydrogen) atoms. The number of nitrogens with zero attached hydrogens (tertiary/aromatic N) is 4. The van der Waals surface area contributed by atoms with Gasteiger partial charge in [-0.05, 0) is 25.3 Å². The molecule has 0 bridgehead atoms. The zero-order chi connectivity index (χ0) is 16.2. The summed E-state index contributed by atoms with van der Waals surface area (Å²) in [7, 11) is 0. The van der Waals surface area contributed by atoms with Crippen LogP contribution in [0.3, 0.4) is 0 Å². The molecule has 0 aliphatic carbocycles. The summed E-state index contributed by atoms with van der Waals surface area (Å²) in [4.78, 5) is 18.4. The van der Waals surface area contributed by atoms with E-state index in [1.165, 1.54) is 0 Å². The van der Waals surface area contributed by atoms with Gasteiger partial charge in [-0.25, -0.2) is 0 Å². The molecule has 0 unspecified atom stereocenters. The van der Waals surface area contributed by atoms with Crippen molar-refractivity contribution in [3.63, 3.8) is 0 Å². The van der Waals surface area contributed by atoms with Crippen LogP contribution in [0, 0.1) is 24.2 Å². The zero-order valence-electron chi connectivity index (χ0n) is 13.0. The normalized spacial score (nSPS) is 15.4. The summed E-state index contributed by atoms with van der Waals surface area (Å²) in [6, 6.07) is 10.0. The van der Waals surface area contributed by atoms with E-state index >= 15 is 0 Å². The first-order chi connectivity index (χ1) is 11.2. The van der Waals surface area contributed by atoms with Gasteiger partial charge in [0.25, 0.3) is 0 Å². The molecule has 1 aliphatic rings. The number of piperidine rings is 1. The van der Waals surface area contributed by atoms with Crippen LogP contribution in [0.2, 0.25) is 0 Å². The Morgan fingerprint density at radius 3 is 2.83 bits per heavy atom. The van der Waals surface area contributed by atoms with Gasteiger partial charge in [-0.15, -0.1) is 0 Å². The van der Waals surface area contributed by atoms with E-state index in [1.54, 1.807) is 4.90 Å². The van der Waals surface area contributed by atoms with Crippen LogP contribution in [0.1, 0.15) is 24.3 Å². The number of hydrogen-bond acceptors (Lipinski definition) is 5. The second kappa shape index (κ2) is 6.61. The Morgan fingerprint density at radius 1 is 1.39 bits per heavy atom. The van der Waals surface area contributed by atoms with Gasteiger partial charge in [-0.1, -0.05) is 29.4 Å². The van der Waals surface area contributed by atoms with Crippen LogP contribution in [0.4, 0.5) is 0 Å². The third kappa shape index (κ3) is 3.39. The third-order valence-electron chi connectivity index (χ3n) is 4.19. The summed E-state index contributed by atoms with van der Waals surface area (Å²) in [6.45, 7) is 3.22. The van der Waals surface area contributed by atoms with Gasteiger partial charge in [0.15, 0.2) is 0 Å². The molecule has 118 valence electrons. The Kier molecular flexibility index (Phi) is 4.38. The molecule has 0 N–H and O–H groups in total. The number of benzene rings is 1. The fraction of sp³-hybridized carbons (Fsp3) is 0.412. The maximum Gasteiger partial charge on any atom is 0.236 e. The molecule has 2 aromatic rings. The summed E-state index contributed by atoms with van der Waals surface area (Å²) >= 11 is 0. The van der Waals surface area contributed by atoms with Crippen LogP contribution in [-0.4, -0.2) is 34.0 Å². The van der Waals surface area contributed by atoms with Crippen LogP contribution in [0.25, 0.3) is 11.4 Å². The first-order valence-electron chi connectivity index (χ1n) is 7.73. The molecule has 6 heteroatoms. The zero-order valence-corrected chi connectivity index (χ0v) is 13.0. The number of aromatic nitrogens is 2. The summed E-state index contributed by atoms with van der Waals surface area (Å²) in [5.41, 5.74) is 1.97. The Bertz CT molecular complexity index is 739. The van der Waals surface area contributed by atoms with Crippen LogP contribution in [0.5, 0.6) is 0 Å². The third-order valence-corrected chi connectivity index (χ3v) is 4.19. The number of aryl methyl sites for hydroxylation is 1. The second-order valence-electron chi connectivity index (χ2n) is 5.79. The highest BCUT2D eigenvalue weighted by atomic mass is 16.5. The second-order valence-corrected chi connectivity index (χ2v) is 5.79. The summed E-state index contributed by atoms with van der Waals surface area (Å²) in [5.74, 6) is 0.876. The summed E-state index contributed by atoms with van der Waals surface area (Å²) < 4.78 is 5.22. The average Bonchev–Trinajstić information content (AvgIpc) is 3.03. The molecule has 0 spiro atoms. The quantitative estimate of drug-likeness (QED) is 0.869. The highest BCUT2D eigenvalue weighted by molar-refractivity contribution is 5.78. The first kappa shape index (κ1) is 15.2. The van der Waals surface area contributed by atoms with E-state index in [0.29, 0.717) is 24.8 Å². The van der Waals surface area contributed by atoms with E-state index < -0.39 is 0 Å². The summed E-state index contributed by atoms with van der Waals surface area (Å²) in [6.07, 6.45) is 1.58. The van der Waals surface area contributed by atoms with Gasteiger partial charge in [0.2, 0.25) is 17.6 Å². The van der Waals surface area contributed by atoms with Crippen LogP contribution in [-0.2, 0) is 11.2 Å². The molecule has 3 rings (SSSR count). The molecule has 1 saturated heterocycles. The van der Waals surface area contributed by atoms with Gasteiger partial charge in [-0.2, -0.15) is 10.2 Å². The van der Waals surface area contributed by atoms with Crippen molar-refractivity contribution in [3.8, 4) is 17.5 Å². The van der Waals surface area contributed by atoms with Gasteiger partial charge in [0, 0.05) is 24.6 Å². The van der Waals surface area contributed by atoms with Crippen LogP contribution >= 0.6 is 0 Å². The molecule has 6 nitrogen and oxygen atoms in total. The predicted molar refractivity (Wildman–Crippen MR) is 83.1 cm³/mol. The topological polar surface area (TPSA) is 83.0 Å². The molecule has 1 aliphatic heterocycles. The van der Waals surface area contributed by atoms with Gasteiger partial charge >= 0.3 is 0 Å². The number of nitriles is 1. The van der Waals surface area contributed by atoms with Crippen molar-refractivity contribution in [2.45, 2.75) is 26.2 Å². The lowest BCUT2D eigenvalue weighted by Gasteiger charge is -2.28. The molecule has 0 atom stereocenters. The lowest BCUT2D eigenvalue weighted by atomic mass is 9.98. The molecule has 1 aromatic carbocycles. The monoisotopic (exact) mass is 310 g/mol. The van der Waals surface area contributed by atoms with Gasteiger partial charge in [0.1, 0.15) is 6.42 Å².